The highest BCUT2D eigenvalue weighted by atomic mass is 127. The van der Waals surface area contributed by atoms with E-state index in [-0.39, 0.29) is 24.0 Å². The third-order valence-electron chi connectivity index (χ3n) is 3.67. The molecule has 6 heteroatoms. The lowest BCUT2D eigenvalue weighted by Crippen LogP contribution is -2.54. The number of hydrogen-bond acceptors (Lipinski definition) is 5. The maximum Gasteiger partial charge on any atom is 0.193 e. The molecule has 0 aromatic carbocycles. The molecule has 0 saturated carbocycles. The van der Waals surface area contributed by atoms with Gasteiger partial charge in [-0.2, -0.15) is 11.8 Å². The first-order valence-corrected chi connectivity index (χ1v) is 7.04. The Balaban J connectivity index is 0.00000144. The normalized spacial score (nSPS) is 28.2. The number of hydrogen-bond donors (Lipinski definition) is 1. The van der Waals surface area contributed by atoms with E-state index in [1.54, 1.807) is 0 Å². The number of thioether (sulfide) groups is 1. The number of nitrogens with one attached hydrogen (secondary N) is 1. The van der Waals surface area contributed by atoms with Crippen molar-refractivity contribution in [1.29, 1.82) is 0 Å². The van der Waals surface area contributed by atoms with Crippen molar-refractivity contribution < 1.29 is 0 Å². The van der Waals surface area contributed by atoms with Crippen LogP contribution >= 0.6 is 35.7 Å². The quantitative estimate of drug-likeness (QED) is 0.749. The van der Waals surface area contributed by atoms with Gasteiger partial charge in [0, 0.05) is 31.4 Å². The van der Waals surface area contributed by atoms with Crippen molar-refractivity contribution in [2.75, 3.05) is 52.3 Å². The standard InChI is InChI=1S/C11H22N4S.HI/c1-14(2)11(4-7-16-9-11)8-13-10-12-5-6-15(10)3;/h4-9H2,1-3H3,(H,12,13);1H. The molecule has 2 rings (SSSR count). The summed E-state index contributed by atoms with van der Waals surface area (Å²) in [5, 5.41) is 3.52. The van der Waals surface area contributed by atoms with E-state index in [2.05, 4.69) is 53.0 Å². The van der Waals surface area contributed by atoms with E-state index in [0.717, 1.165) is 25.6 Å². The molecular formula is C11H23IN4S. The average molecular weight is 370 g/mol. The zero-order valence-electron chi connectivity index (χ0n) is 10.9. The first-order chi connectivity index (χ1) is 7.64. The summed E-state index contributed by atoms with van der Waals surface area (Å²) in [7, 11) is 6.48. The largest absolute Gasteiger partial charge is 0.354 e. The number of nitrogens with zero attached hydrogens (tertiary/aromatic N) is 3. The topological polar surface area (TPSA) is 30.9 Å². The van der Waals surface area contributed by atoms with E-state index in [1.807, 2.05) is 0 Å². The Morgan fingerprint density at radius 1 is 1.53 bits per heavy atom. The third-order valence-corrected chi connectivity index (χ3v) is 4.90. The van der Waals surface area contributed by atoms with Crippen molar-refractivity contribution in [3.8, 4) is 0 Å². The molecule has 17 heavy (non-hydrogen) atoms. The lowest BCUT2D eigenvalue weighted by molar-refractivity contribution is 0.182. The van der Waals surface area contributed by atoms with Gasteiger partial charge in [-0.05, 0) is 26.3 Å². The predicted octanol–water partition coefficient (Wildman–Crippen LogP) is 0.933. The van der Waals surface area contributed by atoms with E-state index in [9.17, 15) is 0 Å². The second-order valence-corrected chi connectivity index (χ2v) is 6.01. The molecule has 0 bridgehead atoms. The lowest BCUT2D eigenvalue weighted by atomic mass is 9.97. The fourth-order valence-corrected chi connectivity index (χ4v) is 3.77. The summed E-state index contributed by atoms with van der Waals surface area (Å²) < 4.78 is 0. The Hall–Kier alpha value is 0.310. The first kappa shape index (κ1) is 15.4. The van der Waals surface area contributed by atoms with Crippen LogP contribution in [0.15, 0.2) is 4.99 Å². The van der Waals surface area contributed by atoms with Crippen molar-refractivity contribution in [2.45, 2.75) is 12.0 Å². The van der Waals surface area contributed by atoms with Crippen molar-refractivity contribution >= 4 is 41.7 Å². The summed E-state index contributed by atoms with van der Waals surface area (Å²) >= 11 is 2.06. The van der Waals surface area contributed by atoms with Gasteiger partial charge in [0.2, 0.25) is 0 Å². The molecule has 0 aliphatic carbocycles. The third kappa shape index (κ3) is 3.41. The fourth-order valence-electron chi connectivity index (χ4n) is 2.21. The number of halogens is 1. The van der Waals surface area contributed by atoms with Crippen LogP contribution in [-0.2, 0) is 0 Å². The molecule has 0 aromatic heterocycles. The highest BCUT2D eigenvalue weighted by Gasteiger charge is 2.36. The number of rotatable bonds is 3. The molecule has 0 radical (unpaired) electrons. The Morgan fingerprint density at radius 3 is 2.76 bits per heavy atom. The fraction of sp³-hybridized carbons (Fsp3) is 0.909. The van der Waals surface area contributed by atoms with Crippen LogP contribution in [0, 0.1) is 0 Å². The summed E-state index contributed by atoms with van der Waals surface area (Å²) in [4.78, 5) is 9.04. The van der Waals surface area contributed by atoms with Gasteiger partial charge in [-0.1, -0.05) is 0 Å². The van der Waals surface area contributed by atoms with Crippen molar-refractivity contribution in [3.05, 3.63) is 0 Å². The molecule has 1 unspecified atom stereocenters. The molecule has 1 N–H and O–H groups in total. The summed E-state index contributed by atoms with van der Waals surface area (Å²) in [5.74, 6) is 3.57. The Morgan fingerprint density at radius 2 is 2.29 bits per heavy atom. The van der Waals surface area contributed by atoms with Crippen molar-refractivity contribution in [3.63, 3.8) is 0 Å². The number of likely N-dealkylation sites (N-methyl/N-ethyl adjacent to an activating group) is 2. The van der Waals surface area contributed by atoms with Gasteiger partial charge < -0.3 is 15.1 Å². The number of guanidine groups is 1. The molecule has 1 fully saturated rings. The smallest absolute Gasteiger partial charge is 0.193 e. The maximum atomic E-state index is 4.47. The van der Waals surface area contributed by atoms with Gasteiger partial charge in [0.15, 0.2) is 5.96 Å². The van der Waals surface area contributed by atoms with Crippen LogP contribution in [0.25, 0.3) is 0 Å². The average Bonchev–Trinajstić information content (AvgIpc) is 2.84. The molecule has 1 atom stereocenters. The predicted molar refractivity (Wildman–Crippen MR) is 86.7 cm³/mol. The minimum Gasteiger partial charge on any atom is -0.354 e. The lowest BCUT2D eigenvalue weighted by Gasteiger charge is -2.36. The first-order valence-electron chi connectivity index (χ1n) is 5.89. The molecule has 4 nitrogen and oxygen atoms in total. The zero-order chi connectivity index (χ0) is 11.6. The van der Waals surface area contributed by atoms with Gasteiger partial charge >= 0.3 is 0 Å². The van der Waals surface area contributed by atoms with Gasteiger partial charge in [0.05, 0.1) is 6.54 Å². The van der Waals surface area contributed by atoms with E-state index < -0.39 is 0 Å². The van der Waals surface area contributed by atoms with Gasteiger partial charge in [0.25, 0.3) is 0 Å². The van der Waals surface area contributed by atoms with Crippen LogP contribution < -0.4 is 5.32 Å². The number of aliphatic imine (C=N–C) groups is 1. The summed E-state index contributed by atoms with van der Waals surface area (Å²) in [5.41, 5.74) is 0.316. The molecule has 0 aromatic rings. The summed E-state index contributed by atoms with van der Waals surface area (Å²) in [6.45, 7) is 2.99. The summed E-state index contributed by atoms with van der Waals surface area (Å²) in [6, 6.07) is 0. The van der Waals surface area contributed by atoms with E-state index in [4.69, 9.17) is 0 Å². The van der Waals surface area contributed by atoms with E-state index in [0.29, 0.717) is 5.54 Å². The van der Waals surface area contributed by atoms with E-state index in [1.165, 1.54) is 17.9 Å². The molecular weight excluding hydrogens is 347 g/mol. The molecule has 100 valence electrons. The van der Waals surface area contributed by atoms with Crippen molar-refractivity contribution in [1.82, 2.24) is 15.1 Å². The second-order valence-electron chi connectivity index (χ2n) is 4.90. The SMILES string of the molecule is CN1CCN=C1NCC1(N(C)C)CCSC1.I. The Kier molecular flexibility index (Phi) is 5.85. The minimum absolute atomic E-state index is 0. The van der Waals surface area contributed by atoms with E-state index >= 15 is 0 Å². The maximum absolute atomic E-state index is 4.47. The monoisotopic (exact) mass is 370 g/mol. The van der Waals surface area contributed by atoms with Gasteiger partial charge in [-0.15, -0.1) is 24.0 Å². The van der Waals surface area contributed by atoms with Crippen LogP contribution in [0.2, 0.25) is 0 Å². The highest BCUT2D eigenvalue weighted by molar-refractivity contribution is 14.0. The second kappa shape index (κ2) is 6.47. The molecule has 1 saturated heterocycles. The van der Waals surface area contributed by atoms with Crippen LogP contribution in [-0.4, -0.2) is 73.6 Å². The van der Waals surface area contributed by atoms with Gasteiger partial charge in [-0.25, -0.2) is 0 Å². The molecule has 2 heterocycles. The van der Waals surface area contributed by atoms with Crippen molar-refractivity contribution in [2.24, 2.45) is 4.99 Å². The van der Waals surface area contributed by atoms with Crippen LogP contribution in [0.3, 0.4) is 0 Å². The van der Waals surface area contributed by atoms with Crippen LogP contribution in [0.4, 0.5) is 0 Å². The molecule has 0 amide bonds. The Bertz CT molecular complexity index is 277. The minimum atomic E-state index is 0. The van der Waals surface area contributed by atoms with Gasteiger partial charge in [0.1, 0.15) is 0 Å². The van der Waals surface area contributed by atoms with Gasteiger partial charge in [-0.3, -0.25) is 4.99 Å². The van der Waals surface area contributed by atoms with Crippen LogP contribution in [0.1, 0.15) is 6.42 Å². The molecule has 2 aliphatic rings. The zero-order valence-corrected chi connectivity index (χ0v) is 14.0. The van der Waals surface area contributed by atoms with Crippen LogP contribution in [0.5, 0.6) is 0 Å². The molecule has 0 spiro atoms. The highest BCUT2D eigenvalue weighted by Crippen LogP contribution is 2.31. The Labute approximate surface area is 126 Å². The summed E-state index contributed by atoms with van der Waals surface area (Å²) in [6.07, 6.45) is 1.27. The molecule has 2 aliphatic heterocycles.